The van der Waals surface area contributed by atoms with Gasteiger partial charge >= 0.3 is 0 Å². The van der Waals surface area contributed by atoms with Crippen molar-refractivity contribution in [2.45, 2.75) is 26.3 Å². The molecule has 0 fully saturated rings. The molecule has 2 aromatic rings. The van der Waals surface area contributed by atoms with Gasteiger partial charge in [0, 0.05) is 11.3 Å². The zero-order valence-corrected chi connectivity index (χ0v) is 13.1. The Balaban J connectivity index is 2.24. The first-order chi connectivity index (χ1) is 10.2. The fraction of sp³-hybridized carbons (Fsp3) is 0.333. The van der Waals surface area contributed by atoms with Gasteiger partial charge in [0.2, 0.25) is 0 Å². The molecule has 2 aromatic carbocycles. The molecule has 1 atom stereocenters. The molecular weight excluding hydrogens is 262 g/mol. The van der Waals surface area contributed by atoms with Crippen LogP contribution in [0.5, 0.6) is 11.5 Å². The summed E-state index contributed by atoms with van der Waals surface area (Å²) in [5, 5.41) is 3.52. The van der Waals surface area contributed by atoms with Gasteiger partial charge in [0.1, 0.15) is 11.5 Å². The molecule has 1 unspecified atom stereocenters. The van der Waals surface area contributed by atoms with Crippen LogP contribution in [0.3, 0.4) is 0 Å². The highest BCUT2D eigenvalue weighted by Crippen LogP contribution is 2.31. The maximum absolute atomic E-state index is 5.45. The van der Waals surface area contributed by atoms with E-state index in [1.807, 2.05) is 18.2 Å². The van der Waals surface area contributed by atoms with Crippen LogP contribution in [0.25, 0.3) is 0 Å². The fourth-order valence-corrected chi connectivity index (χ4v) is 2.39. The maximum atomic E-state index is 5.45. The molecular formula is C18H23NO2. The van der Waals surface area contributed by atoms with Crippen LogP contribution in [0.4, 0.5) is 5.69 Å². The van der Waals surface area contributed by atoms with Crippen molar-refractivity contribution in [2.75, 3.05) is 19.5 Å². The van der Waals surface area contributed by atoms with E-state index in [1.165, 1.54) is 5.56 Å². The van der Waals surface area contributed by atoms with Gasteiger partial charge in [0.25, 0.3) is 0 Å². The van der Waals surface area contributed by atoms with Crippen LogP contribution in [0, 0.1) is 0 Å². The highest BCUT2D eigenvalue weighted by atomic mass is 16.5. The van der Waals surface area contributed by atoms with Crippen molar-refractivity contribution in [2.24, 2.45) is 0 Å². The summed E-state index contributed by atoms with van der Waals surface area (Å²) in [5.74, 6) is 1.70. The Morgan fingerprint density at radius 2 is 1.86 bits per heavy atom. The Hall–Kier alpha value is -2.16. The van der Waals surface area contributed by atoms with Crippen molar-refractivity contribution >= 4 is 5.69 Å². The molecule has 0 saturated heterocycles. The zero-order valence-electron chi connectivity index (χ0n) is 13.1. The highest BCUT2D eigenvalue weighted by molar-refractivity contribution is 5.50. The number of nitrogens with one attached hydrogen (secondary N) is 1. The molecule has 0 aliphatic rings. The molecule has 0 spiro atoms. The summed E-state index contributed by atoms with van der Waals surface area (Å²) in [5.41, 5.74) is 3.52. The van der Waals surface area contributed by atoms with Gasteiger partial charge in [-0.15, -0.1) is 0 Å². The molecule has 0 radical (unpaired) electrons. The van der Waals surface area contributed by atoms with Crippen molar-refractivity contribution < 1.29 is 9.47 Å². The smallest absolute Gasteiger partial charge is 0.124 e. The Labute approximate surface area is 126 Å². The molecule has 3 heteroatoms. The van der Waals surface area contributed by atoms with Crippen LogP contribution >= 0.6 is 0 Å². The van der Waals surface area contributed by atoms with Crippen molar-refractivity contribution in [3.63, 3.8) is 0 Å². The molecule has 0 amide bonds. The van der Waals surface area contributed by atoms with Gasteiger partial charge in [-0.05, 0) is 49.2 Å². The Morgan fingerprint density at radius 3 is 2.52 bits per heavy atom. The third-order valence-electron chi connectivity index (χ3n) is 3.62. The van der Waals surface area contributed by atoms with Gasteiger partial charge in [0.15, 0.2) is 0 Å². The number of rotatable bonds is 6. The first kappa shape index (κ1) is 15.2. The molecule has 0 bridgehead atoms. The summed E-state index contributed by atoms with van der Waals surface area (Å²) in [6.45, 7) is 4.28. The summed E-state index contributed by atoms with van der Waals surface area (Å²) in [4.78, 5) is 0. The van der Waals surface area contributed by atoms with E-state index in [9.17, 15) is 0 Å². The second-order valence-corrected chi connectivity index (χ2v) is 5.03. The standard InChI is InChI=1S/C18H23NO2/c1-5-14-7-6-8-15(11-14)19-13(2)17-12-16(20-3)9-10-18(17)21-4/h6-13,19H,5H2,1-4H3. The number of benzene rings is 2. The highest BCUT2D eigenvalue weighted by Gasteiger charge is 2.13. The maximum Gasteiger partial charge on any atom is 0.124 e. The Bertz CT molecular complexity index is 596. The lowest BCUT2D eigenvalue weighted by Crippen LogP contribution is -2.08. The number of aryl methyl sites for hydroxylation is 1. The molecule has 1 N–H and O–H groups in total. The van der Waals surface area contributed by atoms with E-state index in [-0.39, 0.29) is 6.04 Å². The van der Waals surface area contributed by atoms with Crippen LogP contribution in [0.1, 0.15) is 31.0 Å². The minimum atomic E-state index is 0.127. The molecule has 3 nitrogen and oxygen atoms in total. The largest absolute Gasteiger partial charge is 0.497 e. The molecule has 21 heavy (non-hydrogen) atoms. The van der Waals surface area contributed by atoms with E-state index in [0.29, 0.717) is 0 Å². The van der Waals surface area contributed by atoms with E-state index in [1.54, 1.807) is 14.2 Å². The molecule has 0 aliphatic carbocycles. The third kappa shape index (κ3) is 3.69. The average molecular weight is 285 g/mol. The second kappa shape index (κ2) is 7.02. The molecule has 0 heterocycles. The van der Waals surface area contributed by atoms with E-state index >= 15 is 0 Å². The van der Waals surface area contributed by atoms with Crippen LogP contribution in [-0.4, -0.2) is 14.2 Å². The summed E-state index contributed by atoms with van der Waals surface area (Å²) in [7, 11) is 3.37. The third-order valence-corrected chi connectivity index (χ3v) is 3.62. The van der Waals surface area contributed by atoms with Gasteiger partial charge in [0.05, 0.1) is 20.3 Å². The summed E-state index contributed by atoms with van der Waals surface area (Å²) in [6, 6.07) is 14.5. The van der Waals surface area contributed by atoms with Gasteiger partial charge in [-0.25, -0.2) is 0 Å². The van der Waals surface area contributed by atoms with Crippen molar-refractivity contribution in [1.82, 2.24) is 0 Å². The van der Waals surface area contributed by atoms with Crippen LogP contribution < -0.4 is 14.8 Å². The lowest BCUT2D eigenvalue weighted by atomic mass is 10.1. The lowest BCUT2D eigenvalue weighted by molar-refractivity contribution is 0.397. The first-order valence-electron chi connectivity index (χ1n) is 7.25. The monoisotopic (exact) mass is 285 g/mol. The molecule has 0 aromatic heterocycles. The SMILES string of the molecule is CCc1cccc(NC(C)c2cc(OC)ccc2OC)c1. The number of anilines is 1. The quantitative estimate of drug-likeness (QED) is 0.851. The minimum Gasteiger partial charge on any atom is -0.497 e. The van der Waals surface area contributed by atoms with E-state index in [4.69, 9.17) is 9.47 Å². The molecule has 112 valence electrons. The topological polar surface area (TPSA) is 30.5 Å². The van der Waals surface area contributed by atoms with Crippen LogP contribution in [-0.2, 0) is 6.42 Å². The zero-order chi connectivity index (χ0) is 15.2. The minimum absolute atomic E-state index is 0.127. The number of hydrogen-bond donors (Lipinski definition) is 1. The van der Waals surface area contributed by atoms with E-state index in [0.717, 1.165) is 29.2 Å². The van der Waals surface area contributed by atoms with Gasteiger partial charge in [-0.2, -0.15) is 0 Å². The molecule has 2 rings (SSSR count). The van der Waals surface area contributed by atoms with E-state index in [2.05, 4.69) is 43.4 Å². The second-order valence-electron chi connectivity index (χ2n) is 5.03. The first-order valence-corrected chi connectivity index (χ1v) is 7.25. The van der Waals surface area contributed by atoms with Crippen LogP contribution in [0.15, 0.2) is 42.5 Å². The normalized spacial score (nSPS) is 11.8. The van der Waals surface area contributed by atoms with E-state index < -0.39 is 0 Å². The predicted octanol–water partition coefficient (Wildman–Crippen LogP) is 4.44. The fourth-order valence-electron chi connectivity index (χ4n) is 2.39. The van der Waals surface area contributed by atoms with Crippen molar-refractivity contribution in [3.8, 4) is 11.5 Å². The summed E-state index contributed by atoms with van der Waals surface area (Å²) in [6.07, 6.45) is 1.03. The molecule has 0 aliphatic heterocycles. The predicted molar refractivity (Wildman–Crippen MR) is 87.4 cm³/mol. The van der Waals surface area contributed by atoms with Gasteiger partial charge < -0.3 is 14.8 Å². The van der Waals surface area contributed by atoms with Gasteiger partial charge in [-0.3, -0.25) is 0 Å². The van der Waals surface area contributed by atoms with Gasteiger partial charge in [-0.1, -0.05) is 19.1 Å². The Morgan fingerprint density at radius 1 is 1.05 bits per heavy atom. The summed E-state index contributed by atoms with van der Waals surface area (Å²) < 4.78 is 10.8. The molecule has 0 saturated carbocycles. The van der Waals surface area contributed by atoms with Crippen LogP contribution in [0.2, 0.25) is 0 Å². The van der Waals surface area contributed by atoms with Crippen molar-refractivity contribution in [3.05, 3.63) is 53.6 Å². The summed E-state index contributed by atoms with van der Waals surface area (Å²) >= 11 is 0. The number of methoxy groups -OCH3 is 2. The number of ether oxygens (including phenoxy) is 2. The lowest BCUT2D eigenvalue weighted by Gasteiger charge is -2.19. The number of hydrogen-bond acceptors (Lipinski definition) is 3. The average Bonchev–Trinajstić information content (AvgIpc) is 2.54. The van der Waals surface area contributed by atoms with Crippen molar-refractivity contribution in [1.29, 1.82) is 0 Å². The Kier molecular flexibility index (Phi) is 5.09.